The standard InChI is InChI=1S/C14H16F3N3/c1-20-12-5-4-9(14(15,16)17)7-11(12)19-13(20)8-10-3-2-6-18-10/h4-5,7,10,18H,2-3,6,8H2,1H3. The quantitative estimate of drug-likeness (QED) is 0.918. The minimum absolute atomic E-state index is 0.382. The molecule has 0 amide bonds. The summed E-state index contributed by atoms with van der Waals surface area (Å²) in [6.45, 7) is 1.01. The summed E-state index contributed by atoms with van der Waals surface area (Å²) in [5, 5.41) is 3.38. The molecule has 1 unspecified atom stereocenters. The lowest BCUT2D eigenvalue weighted by atomic mass is 10.1. The third kappa shape index (κ3) is 2.40. The van der Waals surface area contributed by atoms with Gasteiger partial charge in [0.05, 0.1) is 16.6 Å². The molecule has 0 aliphatic carbocycles. The molecule has 0 spiro atoms. The number of hydrogen-bond acceptors (Lipinski definition) is 2. The average molecular weight is 283 g/mol. The van der Waals surface area contributed by atoms with Gasteiger partial charge in [-0.15, -0.1) is 0 Å². The predicted octanol–water partition coefficient (Wildman–Crippen LogP) is 2.89. The Morgan fingerprint density at radius 3 is 2.85 bits per heavy atom. The normalized spacial score (nSPS) is 19.9. The first-order valence-corrected chi connectivity index (χ1v) is 6.71. The number of alkyl halides is 3. The lowest BCUT2D eigenvalue weighted by Gasteiger charge is -2.09. The van der Waals surface area contributed by atoms with E-state index in [-0.39, 0.29) is 0 Å². The molecule has 2 heterocycles. The Kier molecular flexibility index (Phi) is 3.20. The maximum atomic E-state index is 12.7. The Morgan fingerprint density at radius 2 is 2.20 bits per heavy atom. The number of aromatic nitrogens is 2. The second kappa shape index (κ2) is 4.77. The molecule has 1 N–H and O–H groups in total. The van der Waals surface area contributed by atoms with Crippen molar-refractivity contribution in [2.24, 2.45) is 7.05 Å². The molecule has 1 aromatic carbocycles. The second-order valence-corrected chi connectivity index (χ2v) is 5.29. The Balaban J connectivity index is 1.96. The zero-order valence-corrected chi connectivity index (χ0v) is 11.2. The van der Waals surface area contributed by atoms with Crippen LogP contribution >= 0.6 is 0 Å². The van der Waals surface area contributed by atoms with Crippen LogP contribution in [0.15, 0.2) is 18.2 Å². The lowest BCUT2D eigenvalue weighted by molar-refractivity contribution is -0.137. The first kappa shape index (κ1) is 13.4. The molecule has 1 saturated heterocycles. The van der Waals surface area contributed by atoms with Gasteiger partial charge in [-0.1, -0.05) is 0 Å². The number of fused-ring (bicyclic) bond motifs is 1. The first-order valence-electron chi connectivity index (χ1n) is 6.71. The first-order chi connectivity index (χ1) is 9.45. The Bertz CT molecular complexity index is 624. The van der Waals surface area contributed by atoms with Gasteiger partial charge in [0.25, 0.3) is 0 Å². The van der Waals surface area contributed by atoms with Gasteiger partial charge in [-0.3, -0.25) is 0 Å². The van der Waals surface area contributed by atoms with Crippen LogP contribution in [0.3, 0.4) is 0 Å². The van der Waals surface area contributed by atoms with Gasteiger partial charge in [-0.05, 0) is 37.6 Å². The third-order valence-electron chi connectivity index (χ3n) is 3.89. The number of rotatable bonds is 2. The van der Waals surface area contributed by atoms with Crippen LogP contribution in [-0.2, 0) is 19.6 Å². The van der Waals surface area contributed by atoms with Crippen molar-refractivity contribution in [3.05, 3.63) is 29.6 Å². The molecule has 1 atom stereocenters. The number of nitrogens with zero attached hydrogens (tertiary/aromatic N) is 2. The molecule has 3 rings (SSSR count). The Labute approximate surface area is 114 Å². The van der Waals surface area contributed by atoms with Crippen molar-refractivity contribution < 1.29 is 13.2 Å². The summed E-state index contributed by atoms with van der Waals surface area (Å²) in [6, 6.07) is 4.12. The molecule has 1 aliphatic rings. The number of aryl methyl sites for hydroxylation is 1. The molecule has 0 saturated carbocycles. The molecule has 108 valence electrons. The van der Waals surface area contributed by atoms with E-state index in [2.05, 4.69) is 10.3 Å². The van der Waals surface area contributed by atoms with Crippen LogP contribution in [0.2, 0.25) is 0 Å². The molecule has 2 aromatic rings. The fraction of sp³-hybridized carbons (Fsp3) is 0.500. The topological polar surface area (TPSA) is 29.9 Å². The van der Waals surface area contributed by atoms with Crippen LogP contribution in [0.4, 0.5) is 13.2 Å². The van der Waals surface area contributed by atoms with Crippen molar-refractivity contribution in [2.75, 3.05) is 6.54 Å². The zero-order chi connectivity index (χ0) is 14.3. The molecule has 1 aliphatic heterocycles. The van der Waals surface area contributed by atoms with Crippen molar-refractivity contribution in [3.8, 4) is 0 Å². The summed E-state index contributed by atoms with van der Waals surface area (Å²) < 4.78 is 40.0. The van der Waals surface area contributed by atoms with Crippen molar-refractivity contribution in [3.63, 3.8) is 0 Å². The van der Waals surface area contributed by atoms with Crippen LogP contribution in [-0.4, -0.2) is 22.1 Å². The number of hydrogen-bond donors (Lipinski definition) is 1. The average Bonchev–Trinajstić information content (AvgIpc) is 2.98. The number of nitrogens with one attached hydrogen (secondary N) is 1. The summed E-state index contributed by atoms with van der Waals surface area (Å²) >= 11 is 0. The number of halogens is 3. The van der Waals surface area contributed by atoms with E-state index in [4.69, 9.17) is 0 Å². The van der Waals surface area contributed by atoms with Gasteiger partial charge >= 0.3 is 6.18 Å². The van der Waals surface area contributed by atoms with Crippen LogP contribution in [0, 0.1) is 0 Å². The van der Waals surface area contributed by atoms with E-state index in [9.17, 15) is 13.2 Å². The molecule has 0 bridgehead atoms. The van der Waals surface area contributed by atoms with Gasteiger partial charge in [-0.25, -0.2) is 4.98 Å². The van der Waals surface area contributed by atoms with Crippen LogP contribution in [0.5, 0.6) is 0 Å². The fourth-order valence-corrected chi connectivity index (χ4v) is 2.76. The van der Waals surface area contributed by atoms with Crippen LogP contribution in [0.1, 0.15) is 24.2 Å². The molecule has 1 aromatic heterocycles. The summed E-state index contributed by atoms with van der Waals surface area (Å²) in [5.74, 6) is 0.832. The van der Waals surface area contributed by atoms with Crippen molar-refractivity contribution in [1.29, 1.82) is 0 Å². The smallest absolute Gasteiger partial charge is 0.331 e. The van der Waals surface area contributed by atoms with Crippen LogP contribution < -0.4 is 5.32 Å². The maximum Gasteiger partial charge on any atom is 0.416 e. The van der Waals surface area contributed by atoms with Gasteiger partial charge in [0.1, 0.15) is 5.82 Å². The highest BCUT2D eigenvalue weighted by molar-refractivity contribution is 5.77. The third-order valence-corrected chi connectivity index (χ3v) is 3.89. The number of imidazole rings is 1. The Hall–Kier alpha value is -1.56. The SMILES string of the molecule is Cn1c(CC2CCCN2)nc2cc(C(F)(F)F)ccc21. The summed E-state index contributed by atoms with van der Waals surface area (Å²) in [5.41, 5.74) is 0.509. The molecule has 6 heteroatoms. The molecule has 0 radical (unpaired) electrons. The molecule has 20 heavy (non-hydrogen) atoms. The molecular formula is C14H16F3N3. The van der Waals surface area contributed by atoms with E-state index >= 15 is 0 Å². The minimum Gasteiger partial charge on any atom is -0.331 e. The van der Waals surface area contributed by atoms with Gasteiger partial charge in [-0.2, -0.15) is 13.2 Å². The van der Waals surface area contributed by atoms with Gasteiger partial charge in [0.2, 0.25) is 0 Å². The fourth-order valence-electron chi connectivity index (χ4n) is 2.76. The maximum absolute atomic E-state index is 12.7. The highest BCUT2D eigenvalue weighted by Crippen LogP contribution is 2.31. The van der Waals surface area contributed by atoms with E-state index < -0.39 is 11.7 Å². The monoisotopic (exact) mass is 283 g/mol. The summed E-state index contributed by atoms with van der Waals surface area (Å²) in [4.78, 5) is 4.37. The summed E-state index contributed by atoms with van der Waals surface area (Å²) in [6.07, 6.45) is -1.32. The molecule has 3 nitrogen and oxygen atoms in total. The Morgan fingerprint density at radius 1 is 1.40 bits per heavy atom. The van der Waals surface area contributed by atoms with E-state index in [1.54, 1.807) is 0 Å². The van der Waals surface area contributed by atoms with Gasteiger partial charge in [0, 0.05) is 19.5 Å². The van der Waals surface area contributed by atoms with Crippen molar-refractivity contribution >= 4 is 11.0 Å². The zero-order valence-electron chi connectivity index (χ0n) is 11.2. The largest absolute Gasteiger partial charge is 0.416 e. The highest BCUT2D eigenvalue weighted by Gasteiger charge is 2.31. The van der Waals surface area contributed by atoms with E-state index in [1.807, 2.05) is 11.6 Å². The van der Waals surface area contributed by atoms with E-state index in [0.29, 0.717) is 11.6 Å². The summed E-state index contributed by atoms with van der Waals surface area (Å²) in [7, 11) is 1.85. The highest BCUT2D eigenvalue weighted by atomic mass is 19.4. The minimum atomic E-state index is -4.32. The van der Waals surface area contributed by atoms with E-state index in [0.717, 1.165) is 49.3 Å². The van der Waals surface area contributed by atoms with Crippen molar-refractivity contribution in [2.45, 2.75) is 31.5 Å². The number of benzene rings is 1. The lowest BCUT2D eigenvalue weighted by Crippen LogP contribution is -2.25. The van der Waals surface area contributed by atoms with Crippen molar-refractivity contribution in [1.82, 2.24) is 14.9 Å². The molecule has 1 fully saturated rings. The van der Waals surface area contributed by atoms with Crippen LogP contribution in [0.25, 0.3) is 11.0 Å². The second-order valence-electron chi connectivity index (χ2n) is 5.29. The van der Waals surface area contributed by atoms with Gasteiger partial charge in [0.15, 0.2) is 0 Å². The predicted molar refractivity (Wildman–Crippen MR) is 70.4 cm³/mol. The van der Waals surface area contributed by atoms with E-state index in [1.165, 1.54) is 6.07 Å². The molecular weight excluding hydrogens is 267 g/mol. The van der Waals surface area contributed by atoms with Gasteiger partial charge < -0.3 is 9.88 Å².